The summed E-state index contributed by atoms with van der Waals surface area (Å²) in [6.45, 7) is 11.2. The molecule has 2 aromatic rings. The van der Waals surface area contributed by atoms with Crippen LogP contribution in [0.4, 0.5) is 4.39 Å². The highest BCUT2D eigenvalue weighted by atomic mass is 19.1. The van der Waals surface area contributed by atoms with Crippen LogP contribution in [0.5, 0.6) is 0 Å². The molecule has 0 bridgehead atoms. The summed E-state index contributed by atoms with van der Waals surface area (Å²) in [5.41, 5.74) is 4.75. The Balaban J connectivity index is 2.02. The van der Waals surface area contributed by atoms with Gasteiger partial charge in [-0.2, -0.15) is 0 Å². The monoisotopic (exact) mass is 356 g/mol. The van der Waals surface area contributed by atoms with Crippen LogP contribution in [0.3, 0.4) is 0 Å². The van der Waals surface area contributed by atoms with E-state index < -0.39 is 11.8 Å². The zero-order chi connectivity index (χ0) is 19.3. The van der Waals surface area contributed by atoms with E-state index in [1.807, 2.05) is 0 Å². The Bertz CT molecular complexity index is 881. The topological polar surface area (TPSA) is 46.5 Å². The van der Waals surface area contributed by atoms with Crippen LogP contribution in [0.25, 0.3) is 0 Å². The van der Waals surface area contributed by atoms with E-state index >= 15 is 0 Å². The van der Waals surface area contributed by atoms with Gasteiger partial charge in [0.1, 0.15) is 5.82 Å². The fourth-order valence-electron chi connectivity index (χ4n) is 3.58. The average molecular weight is 356 g/mol. The highest BCUT2D eigenvalue weighted by Gasteiger charge is 2.38. The third kappa shape index (κ3) is 3.26. The largest absolute Gasteiger partial charge is 0.478 e. The normalized spacial score (nSPS) is 17.6. The Morgan fingerprint density at radius 2 is 1.85 bits per heavy atom. The molecule has 0 saturated heterocycles. The zero-order valence-electron chi connectivity index (χ0n) is 15.9. The van der Waals surface area contributed by atoms with E-state index in [0.717, 1.165) is 16.7 Å². The second-order valence-corrected chi connectivity index (χ2v) is 8.30. The van der Waals surface area contributed by atoms with Gasteiger partial charge in [-0.1, -0.05) is 32.0 Å². The molecule has 1 heterocycles. The van der Waals surface area contributed by atoms with Crippen LogP contribution in [0.15, 0.2) is 30.3 Å². The van der Waals surface area contributed by atoms with Gasteiger partial charge in [0.15, 0.2) is 0 Å². The van der Waals surface area contributed by atoms with Gasteiger partial charge >= 0.3 is 5.97 Å². The molecule has 0 fully saturated rings. The molecule has 138 valence electrons. The number of ether oxygens (including phenoxy) is 1. The molecule has 0 saturated carbocycles. The second-order valence-electron chi connectivity index (χ2n) is 8.30. The van der Waals surface area contributed by atoms with Gasteiger partial charge in [-0.05, 0) is 67.1 Å². The van der Waals surface area contributed by atoms with Crippen LogP contribution >= 0.6 is 0 Å². The minimum atomic E-state index is -1.25. The van der Waals surface area contributed by atoms with Gasteiger partial charge in [0, 0.05) is 5.41 Å². The first-order valence-electron chi connectivity index (χ1n) is 8.81. The van der Waals surface area contributed by atoms with Crippen molar-refractivity contribution in [3.05, 3.63) is 69.5 Å². The highest BCUT2D eigenvalue weighted by Crippen LogP contribution is 2.42. The van der Waals surface area contributed by atoms with Crippen LogP contribution in [0.2, 0.25) is 0 Å². The standard InChI is InChI=1S/C22H25FO3/c1-13-8-18-17(21(2,3)12-26-22(18,4)5)11-15(13)9-14-6-7-16(20(24)25)19(23)10-14/h6-8,10-11H,9,12H2,1-5H3,(H,24,25). The van der Waals surface area contributed by atoms with Crippen molar-refractivity contribution in [2.45, 2.75) is 52.1 Å². The molecular formula is C22H25FO3. The van der Waals surface area contributed by atoms with Crippen molar-refractivity contribution in [2.24, 2.45) is 0 Å². The number of carboxylic acid groups (broad SMARTS) is 1. The van der Waals surface area contributed by atoms with E-state index in [9.17, 15) is 9.18 Å². The number of benzene rings is 2. The summed E-state index contributed by atoms with van der Waals surface area (Å²) in [6, 6.07) is 8.72. The van der Waals surface area contributed by atoms with E-state index in [1.165, 1.54) is 23.3 Å². The Kier molecular flexibility index (Phi) is 4.43. The van der Waals surface area contributed by atoms with Crippen molar-refractivity contribution in [3.63, 3.8) is 0 Å². The van der Waals surface area contributed by atoms with Crippen molar-refractivity contribution < 1.29 is 19.0 Å². The molecule has 1 aliphatic rings. The minimum absolute atomic E-state index is 0.0915. The average Bonchev–Trinajstić information content (AvgIpc) is 2.53. The maximum Gasteiger partial charge on any atom is 0.338 e. The molecule has 4 heteroatoms. The molecule has 0 amide bonds. The summed E-state index contributed by atoms with van der Waals surface area (Å²) in [5, 5.41) is 8.98. The molecule has 1 N–H and O–H groups in total. The van der Waals surface area contributed by atoms with Crippen LogP contribution in [0, 0.1) is 12.7 Å². The number of carbonyl (C=O) groups is 1. The zero-order valence-corrected chi connectivity index (χ0v) is 15.9. The summed E-state index contributed by atoms with van der Waals surface area (Å²) in [4.78, 5) is 11.0. The van der Waals surface area contributed by atoms with Crippen molar-refractivity contribution in [1.82, 2.24) is 0 Å². The number of hydrogen-bond donors (Lipinski definition) is 1. The maximum atomic E-state index is 14.0. The van der Waals surface area contributed by atoms with Crippen LogP contribution in [-0.4, -0.2) is 17.7 Å². The number of carboxylic acids is 1. The molecule has 3 nitrogen and oxygen atoms in total. The predicted octanol–water partition coefficient (Wildman–Crippen LogP) is 4.97. The quantitative estimate of drug-likeness (QED) is 0.845. The van der Waals surface area contributed by atoms with Crippen LogP contribution in [-0.2, 0) is 22.2 Å². The molecule has 0 aromatic heterocycles. The van der Waals surface area contributed by atoms with E-state index in [2.05, 4.69) is 46.8 Å². The van der Waals surface area contributed by atoms with Crippen LogP contribution in [0.1, 0.15) is 65.9 Å². The smallest absolute Gasteiger partial charge is 0.338 e. The molecule has 0 spiro atoms. The van der Waals surface area contributed by atoms with Gasteiger partial charge in [-0.15, -0.1) is 0 Å². The first-order valence-corrected chi connectivity index (χ1v) is 8.81. The summed E-state index contributed by atoms with van der Waals surface area (Å²) in [5.74, 6) is -1.94. The van der Waals surface area contributed by atoms with Crippen LogP contribution < -0.4 is 0 Å². The van der Waals surface area contributed by atoms with E-state index in [4.69, 9.17) is 9.84 Å². The van der Waals surface area contributed by atoms with Crippen molar-refractivity contribution in [1.29, 1.82) is 0 Å². The van der Waals surface area contributed by atoms with Crippen molar-refractivity contribution in [3.8, 4) is 0 Å². The van der Waals surface area contributed by atoms with Crippen molar-refractivity contribution in [2.75, 3.05) is 6.61 Å². The fraction of sp³-hybridized carbons (Fsp3) is 0.409. The SMILES string of the molecule is Cc1cc2c(cc1Cc1ccc(C(=O)O)c(F)c1)C(C)(C)COC2(C)C. The first-order chi connectivity index (χ1) is 12.0. The van der Waals surface area contributed by atoms with Gasteiger partial charge in [0.05, 0.1) is 17.8 Å². The summed E-state index contributed by atoms with van der Waals surface area (Å²) in [7, 11) is 0. The van der Waals surface area contributed by atoms with Gasteiger partial charge < -0.3 is 9.84 Å². The molecule has 0 aliphatic carbocycles. The molecular weight excluding hydrogens is 331 g/mol. The number of hydrogen-bond acceptors (Lipinski definition) is 2. The second kappa shape index (κ2) is 6.20. The summed E-state index contributed by atoms with van der Waals surface area (Å²) >= 11 is 0. The molecule has 0 unspecified atom stereocenters. The molecule has 3 rings (SSSR count). The highest BCUT2D eigenvalue weighted by molar-refractivity contribution is 5.87. The van der Waals surface area contributed by atoms with Crippen molar-refractivity contribution >= 4 is 5.97 Å². The molecule has 2 aromatic carbocycles. The molecule has 1 aliphatic heterocycles. The molecule has 0 radical (unpaired) electrons. The lowest BCUT2D eigenvalue weighted by atomic mass is 9.74. The van der Waals surface area contributed by atoms with Gasteiger partial charge in [0.2, 0.25) is 0 Å². The fourth-order valence-corrected chi connectivity index (χ4v) is 3.58. The third-order valence-corrected chi connectivity index (χ3v) is 5.31. The lowest BCUT2D eigenvalue weighted by Crippen LogP contribution is -2.40. The summed E-state index contributed by atoms with van der Waals surface area (Å²) in [6.07, 6.45) is 0.563. The Labute approximate surface area is 153 Å². The van der Waals surface area contributed by atoms with E-state index in [1.54, 1.807) is 6.07 Å². The maximum absolute atomic E-state index is 14.0. The van der Waals surface area contributed by atoms with E-state index in [0.29, 0.717) is 13.0 Å². The molecule has 26 heavy (non-hydrogen) atoms. The summed E-state index contributed by atoms with van der Waals surface area (Å²) < 4.78 is 20.1. The number of halogens is 1. The minimum Gasteiger partial charge on any atom is -0.478 e. The third-order valence-electron chi connectivity index (χ3n) is 5.31. The number of aromatic carboxylic acids is 1. The van der Waals surface area contributed by atoms with E-state index in [-0.39, 0.29) is 16.6 Å². The number of aryl methyl sites for hydroxylation is 1. The van der Waals surface area contributed by atoms with Gasteiger partial charge in [-0.3, -0.25) is 0 Å². The Morgan fingerprint density at radius 1 is 1.15 bits per heavy atom. The van der Waals surface area contributed by atoms with Gasteiger partial charge in [-0.25, -0.2) is 9.18 Å². The number of fused-ring (bicyclic) bond motifs is 1. The molecule has 0 atom stereocenters. The lowest BCUT2D eigenvalue weighted by molar-refractivity contribution is -0.0588. The van der Waals surface area contributed by atoms with Gasteiger partial charge in [0.25, 0.3) is 0 Å². The predicted molar refractivity (Wildman–Crippen MR) is 99.3 cm³/mol. The lowest BCUT2D eigenvalue weighted by Gasteiger charge is -2.42. The first kappa shape index (κ1) is 18.6. The Hall–Kier alpha value is -2.20. The Morgan fingerprint density at radius 3 is 2.46 bits per heavy atom. The number of rotatable bonds is 3.